The summed E-state index contributed by atoms with van der Waals surface area (Å²) in [5, 5.41) is 1.51. The highest BCUT2D eigenvalue weighted by molar-refractivity contribution is 6.35. The lowest BCUT2D eigenvalue weighted by molar-refractivity contribution is 0.0973. The molecule has 1 aromatic heterocycles. The van der Waals surface area contributed by atoms with Crippen molar-refractivity contribution in [3.63, 3.8) is 0 Å². The van der Waals surface area contributed by atoms with Gasteiger partial charge in [0.15, 0.2) is 5.78 Å². The van der Waals surface area contributed by atoms with Crippen LogP contribution in [0.15, 0.2) is 54.7 Å². The summed E-state index contributed by atoms with van der Waals surface area (Å²) in [5.41, 5.74) is 1.25. The monoisotopic (exact) mass is 287 g/mol. The molecule has 0 radical (unpaired) electrons. The van der Waals surface area contributed by atoms with Gasteiger partial charge in [-0.2, -0.15) is 0 Å². The third kappa shape index (κ3) is 2.32. The lowest BCUT2D eigenvalue weighted by atomic mass is 10.1. The minimum atomic E-state index is -0.411. The van der Waals surface area contributed by atoms with Gasteiger partial charge in [-0.1, -0.05) is 41.9 Å². The van der Waals surface area contributed by atoms with Gasteiger partial charge in [0.25, 0.3) is 0 Å². The maximum atomic E-state index is 13.1. The van der Waals surface area contributed by atoms with Crippen LogP contribution in [0, 0.1) is 5.82 Å². The minimum absolute atomic E-state index is 0.136. The second kappa shape index (κ2) is 5.10. The third-order valence-electron chi connectivity index (χ3n) is 3.20. The first kappa shape index (κ1) is 12.9. The molecule has 0 aliphatic heterocycles. The van der Waals surface area contributed by atoms with Gasteiger partial charge in [0.1, 0.15) is 5.82 Å². The molecule has 0 aliphatic carbocycles. The van der Waals surface area contributed by atoms with Crippen molar-refractivity contribution in [2.75, 3.05) is 0 Å². The molecule has 2 aromatic carbocycles. The normalized spacial score (nSPS) is 10.9. The quantitative estimate of drug-likeness (QED) is 0.658. The molecular weight excluding hydrogens is 277 g/mol. The van der Waals surface area contributed by atoms with Gasteiger partial charge in [0, 0.05) is 22.7 Å². The minimum Gasteiger partial charge on any atom is -0.338 e. The largest absolute Gasteiger partial charge is 0.338 e. The summed E-state index contributed by atoms with van der Waals surface area (Å²) in [6, 6.07) is 13.3. The Labute approximate surface area is 120 Å². The van der Waals surface area contributed by atoms with Gasteiger partial charge in [0.2, 0.25) is 0 Å². The van der Waals surface area contributed by atoms with Gasteiger partial charge in [-0.3, -0.25) is 4.79 Å². The molecule has 3 rings (SSSR count). The van der Waals surface area contributed by atoms with Crippen molar-refractivity contribution in [3.05, 3.63) is 71.1 Å². The standard InChI is InChI=1S/C16H11ClFNO/c17-14-9-19(15-7-2-1-6-13(14)15)10-16(20)11-4-3-5-12(18)8-11/h1-9H,10H2. The van der Waals surface area contributed by atoms with Gasteiger partial charge >= 0.3 is 0 Å². The molecule has 0 atom stereocenters. The van der Waals surface area contributed by atoms with Crippen molar-refractivity contribution in [1.29, 1.82) is 0 Å². The number of Topliss-reactive ketones (excluding diaryl/α,β-unsaturated/α-hetero) is 1. The van der Waals surface area contributed by atoms with E-state index in [0.29, 0.717) is 10.6 Å². The van der Waals surface area contributed by atoms with Crippen molar-refractivity contribution < 1.29 is 9.18 Å². The summed E-state index contributed by atoms with van der Waals surface area (Å²) in [6.07, 6.45) is 1.73. The van der Waals surface area contributed by atoms with Gasteiger partial charge in [-0.15, -0.1) is 0 Å². The zero-order chi connectivity index (χ0) is 14.1. The Bertz CT molecular complexity index is 794. The number of para-hydroxylation sites is 1. The van der Waals surface area contributed by atoms with Gasteiger partial charge in [-0.05, 0) is 18.2 Å². The first-order valence-corrected chi connectivity index (χ1v) is 6.55. The predicted molar refractivity (Wildman–Crippen MR) is 77.7 cm³/mol. The second-order valence-corrected chi connectivity index (χ2v) is 4.96. The molecule has 0 fully saturated rings. The number of benzene rings is 2. The van der Waals surface area contributed by atoms with E-state index in [-0.39, 0.29) is 12.3 Å². The summed E-state index contributed by atoms with van der Waals surface area (Å²) in [6.45, 7) is 0.136. The van der Waals surface area contributed by atoms with E-state index in [9.17, 15) is 9.18 Å². The van der Waals surface area contributed by atoms with Gasteiger partial charge in [0.05, 0.1) is 11.6 Å². The fourth-order valence-corrected chi connectivity index (χ4v) is 2.52. The van der Waals surface area contributed by atoms with Crippen LogP contribution < -0.4 is 0 Å². The van der Waals surface area contributed by atoms with Crippen molar-refractivity contribution in [3.8, 4) is 0 Å². The molecule has 0 unspecified atom stereocenters. The van der Waals surface area contributed by atoms with Crippen LogP contribution >= 0.6 is 11.6 Å². The number of carbonyl (C=O) groups is 1. The van der Waals surface area contributed by atoms with E-state index in [4.69, 9.17) is 11.6 Å². The van der Waals surface area contributed by atoms with Crippen LogP contribution in [0.1, 0.15) is 10.4 Å². The Morgan fingerprint density at radius 3 is 2.75 bits per heavy atom. The molecule has 20 heavy (non-hydrogen) atoms. The molecule has 0 bridgehead atoms. The molecule has 0 saturated carbocycles. The molecule has 0 saturated heterocycles. The first-order valence-electron chi connectivity index (χ1n) is 6.17. The highest BCUT2D eigenvalue weighted by Crippen LogP contribution is 2.25. The Balaban J connectivity index is 1.95. The van der Waals surface area contributed by atoms with E-state index in [1.54, 1.807) is 16.8 Å². The summed E-state index contributed by atoms with van der Waals surface area (Å²) in [7, 11) is 0. The van der Waals surface area contributed by atoms with E-state index in [1.165, 1.54) is 18.2 Å². The van der Waals surface area contributed by atoms with Crippen molar-refractivity contribution in [2.45, 2.75) is 6.54 Å². The maximum absolute atomic E-state index is 13.1. The molecule has 3 aromatic rings. The Hall–Kier alpha value is -2.13. The van der Waals surface area contributed by atoms with E-state index in [1.807, 2.05) is 24.3 Å². The Kier molecular flexibility index (Phi) is 3.28. The molecular formula is C16H11ClFNO. The summed E-state index contributed by atoms with van der Waals surface area (Å²) in [4.78, 5) is 12.2. The number of rotatable bonds is 3. The third-order valence-corrected chi connectivity index (χ3v) is 3.50. The number of ketones is 1. The molecule has 0 amide bonds. The molecule has 2 nitrogen and oxygen atoms in total. The van der Waals surface area contributed by atoms with Crippen molar-refractivity contribution in [1.82, 2.24) is 4.57 Å². The molecule has 4 heteroatoms. The van der Waals surface area contributed by atoms with Crippen LogP contribution in [0.4, 0.5) is 4.39 Å². The van der Waals surface area contributed by atoms with Crippen LogP contribution in [-0.4, -0.2) is 10.4 Å². The van der Waals surface area contributed by atoms with E-state index >= 15 is 0 Å². The predicted octanol–water partition coefficient (Wildman–Crippen LogP) is 4.32. The second-order valence-electron chi connectivity index (χ2n) is 4.56. The summed E-state index contributed by atoms with van der Waals surface area (Å²) >= 11 is 6.14. The molecule has 1 heterocycles. The summed E-state index contributed by atoms with van der Waals surface area (Å²) < 4.78 is 14.9. The number of hydrogen-bond acceptors (Lipinski definition) is 1. The SMILES string of the molecule is O=C(Cn1cc(Cl)c2ccccc21)c1cccc(F)c1. The molecule has 0 aliphatic rings. The molecule has 0 spiro atoms. The highest BCUT2D eigenvalue weighted by Gasteiger charge is 2.11. The molecule has 100 valence electrons. The highest BCUT2D eigenvalue weighted by atomic mass is 35.5. The zero-order valence-electron chi connectivity index (χ0n) is 10.5. The Morgan fingerprint density at radius 2 is 1.95 bits per heavy atom. The van der Waals surface area contributed by atoms with Crippen LogP contribution in [0.2, 0.25) is 5.02 Å². The number of halogens is 2. The van der Waals surface area contributed by atoms with Crippen LogP contribution in [0.25, 0.3) is 10.9 Å². The fourth-order valence-electron chi connectivity index (χ4n) is 2.24. The van der Waals surface area contributed by atoms with Crippen LogP contribution in [0.3, 0.4) is 0 Å². The number of hydrogen-bond donors (Lipinski definition) is 0. The number of nitrogens with zero attached hydrogens (tertiary/aromatic N) is 1. The topological polar surface area (TPSA) is 22.0 Å². The number of carbonyl (C=O) groups excluding carboxylic acids is 1. The Morgan fingerprint density at radius 1 is 1.15 bits per heavy atom. The number of aromatic nitrogens is 1. The van der Waals surface area contributed by atoms with E-state index in [2.05, 4.69) is 0 Å². The van der Waals surface area contributed by atoms with E-state index < -0.39 is 5.82 Å². The average molecular weight is 288 g/mol. The molecule has 0 N–H and O–H groups in total. The van der Waals surface area contributed by atoms with Gasteiger partial charge < -0.3 is 4.57 Å². The number of fused-ring (bicyclic) bond motifs is 1. The zero-order valence-corrected chi connectivity index (χ0v) is 11.3. The lowest BCUT2D eigenvalue weighted by Crippen LogP contribution is -2.09. The van der Waals surface area contributed by atoms with Crippen LogP contribution in [-0.2, 0) is 6.54 Å². The van der Waals surface area contributed by atoms with Gasteiger partial charge in [-0.25, -0.2) is 4.39 Å². The van der Waals surface area contributed by atoms with Crippen molar-refractivity contribution in [2.24, 2.45) is 0 Å². The van der Waals surface area contributed by atoms with Crippen LogP contribution in [0.5, 0.6) is 0 Å². The summed E-state index contributed by atoms with van der Waals surface area (Å²) in [5.74, 6) is -0.562. The van der Waals surface area contributed by atoms with E-state index in [0.717, 1.165) is 10.9 Å². The maximum Gasteiger partial charge on any atom is 0.182 e. The lowest BCUT2D eigenvalue weighted by Gasteiger charge is -2.05. The average Bonchev–Trinajstić information content (AvgIpc) is 2.76. The smallest absolute Gasteiger partial charge is 0.182 e. The first-order chi connectivity index (χ1) is 9.65. The fraction of sp³-hybridized carbons (Fsp3) is 0.0625. The van der Waals surface area contributed by atoms with Crippen molar-refractivity contribution >= 4 is 28.3 Å².